The first-order valence-electron chi connectivity index (χ1n) is 11.3. The van der Waals surface area contributed by atoms with E-state index in [1.807, 2.05) is 55.6 Å². The molecule has 1 saturated heterocycles. The Morgan fingerprint density at radius 2 is 1.79 bits per heavy atom. The van der Waals surface area contributed by atoms with E-state index in [4.69, 9.17) is 11.1 Å². The number of nitrogens with one attached hydrogen (secondary N) is 1. The number of fused-ring (bicyclic) bond motifs is 2. The van der Waals surface area contributed by atoms with Crippen LogP contribution in [0.3, 0.4) is 0 Å². The minimum absolute atomic E-state index is 0.00716. The number of hydrogen-bond acceptors (Lipinski definition) is 3. The number of aromatic nitrogens is 1. The fraction of sp³-hybridized carbons (Fsp3) is 0.269. The van der Waals surface area contributed by atoms with Crippen molar-refractivity contribution in [2.45, 2.75) is 36.6 Å². The van der Waals surface area contributed by atoms with Crippen LogP contribution in [0.4, 0.5) is 0 Å². The van der Waals surface area contributed by atoms with Crippen molar-refractivity contribution in [2.24, 2.45) is 12.8 Å². The number of nitrogen functional groups attached to an aromatic ring is 1. The molecule has 1 fully saturated rings. The van der Waals surface area contributed by atoms with Gasteiger partial charge in [0.05, 0.1) is 4.90 Å². The maximum Gasteiger partial charge on any atom is 0.243 e. The molecule has 1 atom stereocenters. The summed E-state index contributed by atoms with van der Waals surface area (Å²) in [6.45, 7) is 0.566. The Labute approximate surface area is 194 Å². The SMILES string of the molecule is Cn1c(CC[C@@H]2CCCN2S(=O)(=O)c2ccc3ccccc3c2)cc2ccc(C(=N)N)cc21. The third-order valence-corrected chi connectivity index (χ3v) is 8.79. The summed E-state index contributed by atoms with van der Waals surface area (Å²) in [6, 6.07) is 21.2. The molecule has 3 aromatic carbocycles. The summed E-state index contributed by atoms with van der Waals surface area (Å²) in [5.74, 6) is 0.0557. The Morgan fingerprint density at radius 1 is 1.03 bits per heavy atom. The molecule has 0 radical (unpaired) electrons. The first-order chi connectivity index (χ1) is 15.8. The number of nitrogens with two attached hydrogens (primary N) is 1. The van der Waals surface area contributed by atoms with E-state index in [9.17, 15) is 8.42 Å². The molecule has 0 spiro atoms. The maximum atomic E-state index is 13.5. The Hall–Kier alpha value is -3.16. The van der Waals surface area contributed by atoms with Crippen LogP contribution in [0.15, 0.2) is 71.6 Å². The molecule has 0 amide bonds. The average molecular weight is 461 g/mol. The van der Waals surface area contributed by atoms with Gasteiger partial charge >= 0.3 is 0 Å². The number of rotatable bonds is 6. The minimum Gasteiger partial charge on any atom is -0.384 e. The molecule has 0 unspecified atom stereocenters. The lowest BCUT2D eigenvalue weighted by Gasteiger charge is -2.24. The average Bonchev–Trinajstić information content (AvgIpc) is 3.42. The van der Waals surface area contributed by atoms with E-state index in [1.165, 1.54) is 0 Å². The van der Waals surface area contributed by atoms with E-state index >= 15 is 0 Å². The van der Waals surface area contributed by atoms with E-state index in [0.717, 1.165) is 53.1 Å². The summed E-state index contributed by atoms with van der Waals surface area (Å²) in [4.78, 5) is 0.370. The fourth-order valence-corrected chi connectivity index (χ4v) is 6.75. The molecule has 6 nitrogen and oxygen atoms in total. The quantitative estimate of drug-likeness (QED) is 0.330. The molecule has 0 bridgehead atoms. The molecule has 3 N–H and O–H groups in total. The third kappa shape index (κ3) is 3.92. The van der Waals surface area contributed by atoms with Gasteiger partial charge in [-0.2, -0.15) is 4.31 Å². The standard InChI is InChI=1S/C26H28N4O2S/c1-29-23(15-20-8-9-21(26(27)28)17-25(20)29)12-11-22-7-4-14-30(22)33(31,32)24-13-10-18-5-2-3-6-19(18)16-24/h2-3,5-6,8-10,13,15-17,22H,4,7,11-12,14H2,1H3,(H3,27,28)/t22-/m0/s1. The van der Waals surface area contributed by atoms with Crippen molar-refractivity contribution in [2.75, 3.05) is 6.54 Å². The molecule has 0 saturated carbocycles. The highest BCUT2D eigenvalue weighted by Crippen LogP contribution is 2.31. The molecule has 7 heteroatoms. The van der Waals surface area contributed by atoms with Crippen molar-refractivity contribution in [1.82, 2.24) is 8.87 Å². The Balaban J connectivity index is 1.37. The van der Waals surface area contributed by atoms with Crippen molar-refractivity contribution in [3.63, 3.8) is 0 Å². The molecule has 0 aliphatic carbocycles. The van der Waals surface area contributed by atoms with Gasteiger partial charge < -0.3 is 10.3 Å². The minimum atomic E-state index is -3.54. The highest BCUT2D eigenvalue weighted by molar-refractivity contribution is 7.89. The van der Waals surface area contributed by atoms with Gasteiger partial charge in [-0.05, 0) is 66.1 Å². The van der Waals surface area contributed by atoms with Crippen LogP contribution in [0.1, 0.15) is 30.5 Å². The van der Waals surface area contributed by atoms with Crippen LogP contribution >= 0.6 is 0 Å². The summed E-state index contributed by atoms with van der Waals surface area (Å²) >= 11 is 0. The zero-order chi connectivity index (χ0) is 23.2. The van der Waals surface area contributed by atoms with E-state index in [-0.39, 0.29) is 11.9 Å². The van der Waals surface area contributed by atoms with Crippen molar-refractivity contribution in [1.29, 1.82) is 5.41 Å². The van der Waals surface area contributed by atoms with Crippen LogP contribution in [0, 0.1) is 5.41 Å². The molecule has 1 aliphatic rings. The normalized spacial score (nSPS) is 17.2. The van der Waals surface area contributed by atoms with E-state index in [1.54, 1.807) is 16.4 Å². The summed E-state index contributed by atoms with van der Waals surface area (Å²) in [5, 5.41) is 10.8. The number of hydrogen-bond donors (Lipinski definition) is 2. The van der Waals surface area contributed by atoms with Gasteiger partial charge in [0, 0.05) is 36.4 Å². The molecule has 170 valence electrons. The molecule has 2 heterocycles. The Bertz CT molecular complexity index is 1470. The monoisotopic (exact) mass is 460 g/mol. The van der Waals surface area contributed by atoms with Crippen molar-refractivity contribution in [3.8, 4) is 0 Å². The van der Waals surface area contributed by atoms with Gasteiger partial charge in [-0.25, -0.2) is 8.42 Å². The molecular formula is C26H28N4O2S. The van der Waals surface area contributed by atoms with Gasteiger partial charge in [-0.3, -0.25) is 5.41 Å². The summed E-state index contributed by atoms with van der Waals surface area (Å²) in [7, 11) is -1.53. The van der Waals surface area contributed by atoms with Gasteiger partial charge in [0.2, 0.25) is 10.0 Å². The maximum absolute atomic E-state index is 13.5. The smallest absolute Gasteiger partial charge is 0.243 e. The van der Waals surface area contributed by atoms with Crippen LogP contribution in [0.2, 0.25) is 0 Å². The van der Waals surface area contributed by atoms with Gasteiger partial charge in [0.25, 0.3) is 0 Å². The zero-order valence-corrected chi connectivity index (χ0v) is 19.5. The topological polar surface area (TPSA) is 92.2 Å². The number of aryl methyl sites for hydroxylation is 2. The number of benzene rings is 3. The Morgan fingerprint density at radius 3 is 2.58 bits per heavy atom. The van der Waals surface area contributed by atoms with E-state index in [2.05, 4.69) is 10.6 Å². The van der Waals surface area contributed by atoms with Crippen molar-refractivity contribution < 1.29 is 8.42 Å². The second-order valence-corrected chi connectivity index (χ2v) is 10.7. The van der Waals surface area contributed by atoms with Gasteiger partial charge in [-0.15, -0.1) is 0 Å². The first-order valence-corrected chi connectivity index (χ1v) is 12.7. The Kier molecular flexibility index (Phi) is 5.46. The first kappa shape index (κ1) is 21.7. The van der Waals surface area contributed by atoms with Gasteiger partial charge in [0.1, 0.15) is 5.84 Å². The highest BCUT2D eigenvalue weighted by atomic mass is 32.2. The van der Waals surface area contributed by atoms with Crippen LogP contribution in [-0.2, 0) is 23.5 Å². The third-order valence-electron chi connectivity index (χ3n) is 6.84. The second kappa shape index (κ2) is 8.32. The van der Waals surface area contributed by atoms with Crippen molar-refractivity contribution in [3.05, 3.63) is 78.0 Å². The predicted molar refractivity (Wildman–Crippen MR) is 133 cm³/mol. The van der Waals surface area contributed by atoms with Crippen molar-refractivity contribution >= 4 is 37.5 Å². The number of nitrogens with zero attached hydrogens (tertiary/aromatic N) is 2. The molecule has 1 aromatic heterocycles. The van der Waals surface area contributed by atoms with Crippen LogP contribution in [0.5, 0.6) is 0 Å². The second-order valence-electron chi connectivity index (χ2n) is 8.84. The molecule has 1 aliphatic heterocycles. The largest absolute Gasteiger partial charge is 0.384 e. The molecule has 5 rings (SSSR count). The van der Waals surface area contributed by atoms with E-state index in [0.29, 0.717) is 17.0 Å². The lowest BCUT2D eigenvalue weighted by molar-refractivity contribution is 0.369. The molecular weight excluding hydrogens is 432 g/mol. The van der Waals surface area contributed by atoms with Crippen LogP contribution in [-0.4, -0.2) is 35.7 Å². The number of amidine groups is 1. The highest BCUT2D eigenvalue weighted by Gasteiger charge is 2.35. The van der Waals surface area contributed by atoms with Gasteiger partial charge in [-0.1, -0.05) is 42.5 Å². The van der Waals surface area contributed by atoms with E-state index < -0.39 is 10.0 Å². The van der Waals surface area contributed by atoms with Gasteiger partial charge in [0.15, 0.2) is 0 Å². The fourth-order valence-electron chi connectivity index (χ4n) is 4.99. The summed E-state index contributed by atoms with van der Waals surface area (Å²) < 4.78 is 30.8. The zero-order valence-electron chi connectivity index (χ0n) is 18.7. The summed E-state index contributed by atoms with van der Waals surface area (Å²) in [5.41, 5.74) is 8.54. The lowest BCUT2D eigenvalue weighted by Crippen LogP contribution is -2.35. The summed E-state index contributed by atoms with van der Waals surface area (Å²) in [6.07, 6.45) is 3.32. The predicted octanol–water partition coefficient (Wildman–Crippen LogP) is 4.40. The lowest BCUT2D eigenvalue weighted by atomic mass is 10.1. The number of sulfonamides is 1. The molecule has 4 aromatic rings. The van der Waals surface area contributed by atoms with Crippen LogP contribution in [0.25, 0.3) is 21.7 Å². The molecule has 33 heavy (non-hydrogen) atoms. The van der Waals surface area contributed by atoms with Crippen LogP contribution < -0.4 is 5.73 Å².